The number of amides is 1. The van der Waals surface area contributed by atoms with E-state index >= 15 is 0 Å². The topological polar surface area (TPSA) is 50.2 Å². The SMILES string of the molecule is CC(=O)Nc1ccnn1C1CCN(Cc2cccc(-c3ccccc3C)c2)CC1. The predicted octanol–water partition coefficient (Wildman–Crippen LogP) is 4.65. The average molecular weight is 389 g/mol. The minimum atomic E-state index is -0.0577. The van der Waals surface area contributed by atoms with Gasteiger partial charge in [-0.05, 0) is 48.1 Å². The Bertz CT molecular complexity index is 986. The van der Waals surface area contributed by atoms with Gasteiger partial charge in [0.15, 0.2) is 0 Å². The number of likely N-dealkylation sites (tertiary alicyclic amines) is 1. The Kier molecular flexibility index (Phi) is 5.76. The maximum Gasteiger partial charge on any atom is 0.222 e. The number of anilines is 1. The molecule has 1 aliphatic heterocycles. The summed E-state index contributed by atoms with van der Waals surface area (Å²) in [5, 5.41) is 7.31. The van der Waals surface area contributed by atoms with Crippen molar-refractivity contribution >= 4 is 11.7 Å². The summed E-state index contributed by atoms with van der Waals surface area (Å²) < 4.78 is 1.97. The van der Waals surface area contributed by atoms with E-state index in [1.807, 2.05) is 10.7 Å². The van der Waals surface area contributed by atoms with Crippen LogP contribution in [0.3, 0.4) is 0 Å². The Morgan fingerprint density at radius 1 is 1.10 bits per heavy atom. The molecule has 1 aromatic heterocycles. The first kappa shape index (κ1) is 19.4. The number of piperidine rings is 1. The van der Waals surface area contributed by atoms with Gasteiger partial charge < -0.3 is 5.32 Å². The number of nitrogens with zero attached hydrogens (tertiary/aromatic N) is 3. The first-order valence-electron chi connectivity index (χ1n) is 10.3. The number of carbonyl (C=O) groups excluding carboxylic acids is 1. The molecule has 2 heterocycles. The zero-order valence-electron chi connectivity index (χ0n) is 17.1. The molecule has 3 aromatic rings. The summed E-state index contributed by atoms with van der Waals surface area (Å²) in [5.74, 6) is 0.736. The summed E-state index contributed by atoms with van der Waals surface area (Å²) in [7, 11) is 0. The molecule has 1 N–H and O–H groups in total. The van der Waals surface area contributed by atoms with Crippen molar-refractivity contribution in [1.29, 1.82) is 0 Å². The van der Waals surface area contributed by atoms with Gasteiger partial charge in [0.2, 0.25) is 5.91 Å². The highest BCUT2D eigenvalue weighted by molar-refractivity contribution is 5.87. The van der Waals surface area contributed by atoms with E-state index in [4.69, 9.17) is 0 Å². The summed E-state index contributed by atoms with van der Waals surface area (Å²) in [5.41, 5.74) is 5.24. The van der Waals surface area contributed by atoms with E-state index in [9.17, 15) is 4.79 Å². The fourth-order valence-electron chi connectivity index (χ4n) is 4.20. The van der Waals surface area contributed by atoms with Crippen molar-refractivity contribution in [3.05, 3.63) is 71.9 Å². The zero-order chi connectivity index (χ0) is 20.2. The van der Waals surface area contributed by atoms with E-state index in [1.165, 1.54) is 29.2 Å². The normalized spacial score (nSPS) is 15.4. The van der Waals surface area contributed by atoms with Gasteiger partial charge in [-0.25, -0.2) is 4.68 Å². The summed E-state index contributed by atoms with van der Waals surface area (Å²) in [4.78, 5) is 13.9. The van der Waals surface area contributed by atoms with E-state index in [1.54, 1.807) is 6.20 Å². The van der Waals surface area contributed by atoms with E-state index < -0.39 is 0 Å². The average Bonchev–Trinajstić information content (AvgIpc) is 3.16. The minimum absolute atomic E-state index is 0.0577. The molecule has 4 rings (SSSR count). The molecule has 1 saturated heterocycles. The highest BCUT2D eigenvalue weighted by Crippen LogP contribution is 2.28. The number of hydrogen-bond acceptors (Lipinski definition) is 3. The van der Waals surface area contributed by atoms with Crippen LogP contribution in [-0.4, -0.2) is 33.7 Å². The van der Waals surface area contributed by atoms with Crippen LogP contribution < -0.4 is 5.32 Å². The van der Waals surface area contributed by atoms with Gasteiger partial charge in [0.05, 0.1) is 12.2 Å². The third-order valence-electron chi connectivity index (χ3n) is 5.67. The van der Waals surface area contributed by atoms with Gasteiger partial charge in [0.1, 0.15) is 5.82 Å². The molecule has 5 heteroatoms. The Morgan fingerprint density at radius 2 is 1.90 bits per heavy atom. The molecule has 0 bridgehead atoms. The van der Waals surface area contributed by atoms with Crippen LogP contribution in [0.4, 0.5) is 5.82 Å². The molecule has 1 fully saturated rings. The Hall–Kier alpha value is -2.92. The number of aromatic nitrogens is 2. The quantitative estimate of drug-likeness (QED) is 0.692. The van der Waals surface area contributed by atoms with E-state index in [0.29, 0.717) is 6.04 Å². The van der Waals surface area contributed by atoms with Gasteiger partial charge >= 0.3 is 0 Å². The molecule has 2 aromatic carbocycles. The largest absolute Gasteiger partial charge is 0.311 e. The molecule has 0 aliphatic carbocycles. The summed E-state index contributed by atoms with van der Waals surface area (Å²) >= 11 is 0. The summed E-state index contributed by atoms with van der Waals surface area (Å²) in [6.07, 6.45) is 3.83. The van der Waals surface area contributed by atoms with Crippen LogP contribution in [-0.2, 0) is 11.3 Å². The third kappa shape index (κ3) is 4.57. The van der Waals surface area contributed by atoms with Crippen LogP contribution in [0, 0.1) is 6.92 Å². The highest BCUT2D eigenvalue weighted by atomic mass is 16.1. The molecule has 1 amide bonds. The molecular weight excluding hydrogens is 360 g/mol. The van der Waals surface area contributed by atoms with Crippen molar-refractivity contribution in [2.45, 2.75) is 39.3 Å². The second-order valence-electron chi connectivity index (χ2n) is 7.86. The molecular formula is C24H28N4O. The second kappa shape index (κ2) is 8.62. The van der Waals surface area contributed by atoms with Gasteiger partial charge in [-0.2, -0.15) is 5.10 Å². The van der Waals surface area contributed by atoms with E-state index in [0.717, 1.165) is 38.3 Å². The van der Waals surface area contributed by atoms with Crippen LogP contribution in [0.15, 0.2) is 60.8 Å². The van der Waals surface area contributed by atoms with Crippen LogP contribution >= 0.6 is 0 Å². The van der Waals surface area contributed by atoms with Crippen molar-refractivity contribution in [3.8, 4) is 11.1 Å². The highest BCUT2D eigenvalue weighted by Gasteiger charge is 2.23. The van der Waals surface area contributed by atoms with Crippen molar-refractivity contribution in [1.82, 2.24) is 14.7 Å². The first-order chi connectivity index (χ1) is 14.1. The molecule has 0 unspecified atom stereocenters. The van der Waals surface area contributed by atoms with Crippen molar-refractivity contribution in [2.24, 2.45) is 0 Å². The Balaban J connectivity index is 1.39. The van der Waals surface area contributed by atoms with Gasteiger partial charge in [0.25, 0.3) is 0 Å². The zero-order valence-corrected chi connectivity index (χ0v) is 17.1. The van der Waals surface area contributed by atoms with Crippen LogP contribution in [0.2, 0.25) is 0 Å². The minimum Gasteiger partial charge on any atom is -0.311 e. The maximum atomic E-state index is 11.4. The lowest BCUT2D eigenvalue weighted by molar-refractivity contribution is -0.114. The Labute approximate surface area is 172 Å². The molecule has 0 spiro atoms. The number of aryl methyl sites for hydroxylation is 1. The summed E-state index contributed by atoms with van der Waals surface area (Å²) in [6, 6.07) is 19.6. The lowest BCUT2D eigenvalue weighted by Gasteiger charge is -2.32. The number of carbonyl (C=O) groups is 1. The van der Waals surface area contributed by atoms with Gasteiger partial charge in [0, 0.05) is 32.6 Å². The van der Waals surface area contributed by atoms with Crippen molar-refractivity contribution in [3.63, 3.8) is 0 Å². The second-order valence-corrected chi connectivity index (χ2v) is 7.86. The smallest absolute Gasteiger partial charge is 0.222 e. The predicted molar refractivity (Wildman–Crippen MR) is 117 cm³/mol. The molecule has 0 radical (unpaired) electrons. The maximum absolute atomic E-state index is 11.4. The lowest BCUT2D eigenvalue weighted by Crippen LogP contribution is -2.34. The van der Waals surface area contributed by atoms with Crippen LogP contribution in [0.1, 0.15) is 36.9 Å². The number of benzene rings is 2. The van der Waals surface area contributed by atoms with Gasteiger partial charge in [-0.15, -0.1) is 0 Å². The van der Waals surface area contributed by atoms with Crippen molar-refractivity contribution < 1.29 is 4.79 Å². The monoisotopic (exact) mass is 388 g/mol. The molecule has 5 nitrogen and oxygen atoms in total. The van der Waals surface area contributed by atoms with Gasteiger partial charge in [-0.1, -0.05) is 42.5 Å². The first-order valence-corrected chi connectivity index (χ1v) is 10.3. The fourth-order valence-corrected chi connectivity index (χ4v) is 4.20. The Morgan fingerprint density at radius 3 is 2.66 bits per heavy atom. The van der Waals surface area contributed by atoms with E-state index in [2.05, 4.69) is 70.8 Å². The molecule has 29 heavy (non-hydrogen) atoms. The molecule has 0 atom stereocenters. The molecule has 150 valence electrons. The van der Waals surface area contributed by atoms with Crippen LogP contribution in [0.5, 0.6) is 0 Å². The third-order valence-corrected chi connectivity index (χ3v) is 5.67. The van der Waals surface area contributed by atoms with E-state index in [-0.39, 0.29) is 5.91 Å². The standard InChI is InChI=1S/C24H28N4O/c1-18-6-3-4-9-23(18)21-8-5-7-20(16-21)17-27-14-11-22(12-15-27)28-24(10-13-25-28)26-19(2)29/h3-10,13,16,22H,11-12,14-15,17H2,1-2H3,(H,26,29). The van der Waals surface area contributed by atoms with Gasteiger partial charge in [-0.3, -0.25) is 9.69 Å². The number of nitrogens with one attached hydrogen (secondary N) is 1. The van der Waals surface area contributed by atoms with Crippen LogP contribution in [0.25, 0.3) is 11.1 Å². The number of hydrogen-bond donors (Lipinski definition) is 1. The lowest BCUT2D eigenvalue weighted by atomic mass is 9.98. The van der Waals surface area contributed by atoms with Crippen molar-refractivity contribution in [2.75, 3.05) is 18.4 Å². The summed E-state index contributed by atoms with van der Waals surface area (Å²) in [6.45, 7) is 6.71. The molecule has 1 aliphatic rings. The number of rotatable bonds is 5. The molecule has 0 saturated carbocycles. The fraction of sp³-hybridized carbons (Fsp3) is 0.333.